The van der Waals surface area contributed by atoms with E-state index in [4.69, 9.17) is 10.5 Å². The summed E-state index contributed by atoms with van der Waals surface area (Å²) in [6.07, 6.45) is 3.38. The summed E-state index contributed by atoms with van der Waals surface area (Å²) in [6.45, 7) is 0.922. The molecule has 6 nitrogen and oxygen atoms in total. The Hall–Kier alpha value is -2.18. The van der Waals surface area contributed by atoms with Gasteiger partial charge in [0.1, 0.15) is 6.73 Å². The summed E-state index contributed by atoms with van der Waals surface area (Å²) in [6, 6.07) is 6.15. The van der Waals surface area contributed by atoms with Crippen LogP contribution in [0.25, 0.3) is 0 Å². The van der Waals surface area contributed by atoms with Crippen LogP contribution in [0.2, 0.25) is 0 Å². The van der Waals surface area contributed by atoms with Crippen molar-refractivity contribution in [1.82, 2.24) is 9.97 Å². The summed E-state index contributed by atoms with van der Waals surface area (Å²) in [7, 11) is 3.65. The highest BCUT2D eigenvalue weighted by atomic mass is 16.5. The summed E-state index contributed by atoms with van der Waals surface area (Å²) < 4.78 is 5.31. The normalized spacial score (nSPS) is 13.2. The molecule has 0 aliphatic carbocycles. The zero-order valence-electron chi connectivity index (χ0n) is 11.6. The molecular weight excluding hydrogens is 254 g/mol. The third-order valence-electron chi connectivity index (χ3n) is 3.42. The maximum absolute atomic E-state index is 5.74. The summed E-state index contributed by atoms with van der Waals surface area (Å²) in [4.78, 5) is 12.9. The molecule has 0 atom stereocenters. The zero-order chi connectivity index (χ0) is 14.1. The molecule has 6 heteroatoms. The van der Waals surface area contributed by atoms with Gasteiger partial charge in [-0.3, -0.25) is 4.90 Å². The number of hydrogen-bond acceptors (Lipinski definition) is 6. The minimum atomic E-state index is 0.417. The van der Waals surface area contributed by atoms with Crippen molar-refractivity contribution in [2.75, 3.05) is 30.7 Å². The van der Waals surface area contributed by atoms with Gasteiger partial charge >= 0.3 is 0 Å². The number of aromatic nitrogens is 2. The Morgan fingerprint density at radius 1 is 1.15 bits per heavy atom. The van der Waals surface area contributed by atoms with Crippen LogP contribution in [0, 0.1) is 0 Å². The fourth-order valence-electron chi connectivity index (χ4n) is 2.43. The van der Waals surface area contributed by atoms with E-state index in [0.717, 1.165) is 28.6 Å². The van der Waals surface area contributed by atoms with Gasteiger partial charge in [-0.1, -0.05) is 6.07 Å². The number of methoxy groups -OCH3 is 1. The Bertz CT molecular complexity index is 631. The predicted molar refractivity (Wildman–Crippen MR) is 78.4 cm³/mol. The number of hydrogen-bond donors (Lipinski definition) is 1. The molecule has 0 saturated heterocycles. The van der Waals surface area contributed by atoms with Crippen molar-refractivity contribution in [2.24, 2.45) is 5.73 Å². The van der Waals surface area contributed by atoms with Crippen molar-refractivity contribution in [2.45, 2.75) is 6.54 Å². The van der Waals surface area contributed by atoms with Gasteiger partial charge in [-0.25, -0.2) is 9.97 Å². The molecule has 0 unspecified atom stereocenters. The lowest BCUT2D eigenvalue weighted by Gasteiger charge is -2.36. The molecule has 2 N–H and O–H groups in total. The molecule has 2 heterocycles. The van der Waals surface area contributed by atoms with E-state index in [1.165, 1.54) is 0 Å². The van der Waals surface area contributed by atoms with E-state index in [1.807, 2.05) is 22.9 Å². The van der Waals surface area contributed by atoms with Crippen molar-refractivity contribution in [1.29, 1.82) is 0 Å². The van der Waals surface area contributed by atoms with Crippen LogP contribution in [0.15, 0.2) is 30.6 Å². The van der Waals surface area contributed by atoms with Crippen molar-refractivity contribution in [3.8, 4) is 0 Å². The third-order valence-corrected chi connectivity index (χ3v) is 3.42. The Morgan fingerprint density at radius 2 is 1.90 bits per heavy atom. The molecule has 1 aliphatic heterocycles. The lowest BCUT2D eigenvalue weighted by atomic mass is 10.1. The molecule has 0 radical (unpaired) electrons. The first-order valence-corrected chi connectivity index (χ1v) is 6.40. The topological polar surface area (TPSA) is 67.5 Å². The smallest absolute Gasteiger partial charge is 0.178 e. The molecule has 0 fully saturated rings. The Morgan fingerprint density at radius 3 is 2.60 bits per heavy atom. The van der Waals surface area contributed by atoms with E-state index in [-0.39, 0.29) is 0 Å². The van der Waals surface area contributed by atoms with Crippen LogP contribution in [0.4, 0.5) is 23.0 Å². The third kappa shape index (κ3) is 1.90. The van der Waals surface area contributed by atoms with Crippen molar-refractivity contribution in [3.63, 3.8) is 0 Å². The maximum Gasteiger partial charge on any atom is 0.178 e. The molecule has 1 aliphatic rings. The SMILES string of the molecule is COCN1c2cc(CN)ccc2N(C)c2nccnc21. The summed E-state index contributed by atoms with van der Waals surface area (Å²) in [5.41, 5.74) is 8.91. The number of nitrogens with zero attached hydrogens (tertiary/aromatic N) is 4. The minimum Gasteiger partial charge on any atom is -0.364 e. The second-order valence-corrected chi connectivity index (χ2v) is 4.64. The second-order valence-electron chi connectivity index (χ2n) is 4.64. The lowest BCUT2D eigenvalue weighted by Crippen LogP contribution is -2.30. The van der Waals surface area contributed by atoms with Crippen LogP contribution in [0.5, 0.6) is 0 Å². The van der Waals surface area contributed by atoms with E-state index in [0.29, 0.717) is 13.3 Å². The molecule has 2 aromatic rings. The van der Waals surface area contributed by atoms with Gasteiger partial charge in [-0.15, -0.1) is 0 Å². The van der Waals surface area contributed by atoms with Gasteiger partial charge in [0.2, 0.25) is 0 Å². The summed E-state index contributed by atoms with van der Waals surface area (Å²) in [5.74, 6) is 1.61. The highest BCUT2D eigenvalue weighted by Gasteiger charge is 2.28. The second kappa shape index (κ2) is 5.07. The Balaban J connectivity index is 2.18. The fourth-order valence-corrected chi connectivity index (χ4v) is 2.43. The maximum atomic E-state index is 5.74. The highest BCUT2D eigenvalue weighted by Crippen LogP contribution is 2.44. The standard InChI is InChI=1S/C14H17N5O/c1-18-11-4-3-10(8-15)7-12(11)19(9-20-2)14-13(18)16-5-6-17-14/h3-7H,8-9,15H2,1-2H3. The van der Waals surface area contributed by atoms with Crippen LogP contribution in [0.1, 0.15) is 5.56 Å². The van der Waals surface area contributed by atoms with E-state index in [2.05, 4.69) is 22.1 Å². The molecule has 0 saturated carbocycles. The quantitative estimate of drug-likeness (QED) is 0.917. The van der Waals surface area contributed by atoms with Gasteiger partial charge in [-0.05, 0) is 17.7 Å². The Kier molecular flexibility index (Phi) is 3.25. The average Bonchev–Trinajstić information content (AvgIpc) is 2.51. The van der Waals surface area contributed by atoms with E-state index >= 15 is 0 Å². The first-order valence-electron chi connectivity index (χ1n) is 6.40. The van der Waals surface area contributed by atoms with Crippen LogP contribution < -0.4 is 15.5 Å². The molecule has 20 heavy (non-hydrogen) atoms. The Labute approximate surface area is 117 Å². The number of anilines is 4. The monoisotopic (exact) mass is 271 g/mol. The first-order chi connectivity index (χ1) is 9.76. The van der Waals surface area contributed by atoms with Crippen LogP contribution in [-0.2, 0) is 11.3 Å². The van der Waals surface area contributed by atoms with Gasteiger partial charge in [-0.2, -0.15) is 0 Å². The van der Waals surface area contributed by atoms with Gasteiger partial charge < -0.3 is 15.4 Å². The van der Waals surface area contributed by atoms with Crippen molar-refractivity contribution < 1.29 is 4.74 Å². The van der Waals surface area contributed by atoms with Crippen LogP contribution >= 0.6 is 0 Å². The first kappa shape index (κ1) is 12.8. The molecule has 1 aromatic carbocycles. The van der Waals surface area contributed by atoms with E-state index in [9.17, 15) is 0 Å². The van der Waals surface area contributed by atoms with Crippen molar-refractivity contribution >= 4 is 23.0 Å². The summed E-state index contributed by atoms with van der Waals surface area (Å²) in [5, 5.41) is 0. The number of rotatable bonds is 3. The molecule has 0 spiro atoms. The van der Waals surface area contributed by atoms with Crippen molar-refractivity contribution in [3.05, 3.63) is 36.2 Å². The fraction of sp³-hybridized carbons (Fsp3) is 0.286. The van der Waals surface area contributed by atoms with Gasteiger partial charge in [0, 0.05) is 33.1 Å². The molecule has 3 rings (SSSR count). The summed E-state index contributed by atoms with van der Waals surface area (Å²) >= 11 is 0. The number of nitrogens with two attached hydrogens (primary N) is 1. The van der Waals surface area contributed by atoms with E-state index in [1.54, 1.807) is 19.5 Å². The highest BCUT2D eigenvalue weighted by molar-refractivity contribution is 5.89. The molecule has 0 amide bonds. The molecule has 0 bridgehead atoms. The lowest BCUT2D eigenvalue weighted by molar-refractivity contribution is 0.205. The van der Waals surface area contributed by atoms with Gasteiger partial charge in [0.15, 0.2) is 11.6 Å². The molecular formula is C14H17N5O. The van der Waals surface area contributed by atoms with E-state index < -0.39 is 0 Å². The van der Waals surface area contributed by atoms with Crippen LogP contribution in [-0.4, -0.2) is 30.9 Å². The van der Waals surface area contributed by atoms with Crippen LogP contribution in [0.3, 0.4) is 0 Å². The average molecular weight is 271 g/mol. The molecule has 1 aromatic heterocycles. The zero-order valence-corrected chi connectivity index (χ0v) is 11.6. The minimum absolute atomic E-state index is 0.417. The van der Waals surface area contributed by atoms with Gasteiger partial charge in [0.05, 0.1) is 11.4 Å². The number of ether oxygens (including phenoxy) is 1. The molecule has 104 valence electrons. The number of fused-ring (bicyclic) bond motifs is 2. The predicted octanol–water partition coefficient (Wildman–Crippen LogP) is 1.76. The number of benzene rings is 1. The largest absolute Gasteiger partial charge is 0.364 e. The van der Waals surface area contributed by atoms with Gasteiger partial charge in [0.25, 0.3) is 0 Å².